The van der Waals surface area contributed by atoms with Gasteiger partial charge < -0.3 is 15.0 Å². The van der Waals surface area contributed by atoms with Gasteiger partial charge in [0.05, 0.1) is 12.1 Å². The summed E-state index contributed by atoms with van der Waals surface area (Å²) in [5.41, 5.74) is 1.40. The summed E-state index contributed by atoms with van der Waals surface area (Å²) in [7, 11) is 1.59. The van der Waals surface area contributed by atoms with Gasteiger partial charge in [-0.3, -0.25) is 0 Å². The second kappa shape index (κ2) is 8.25. The molecule has 5 nitrogen and oxygen atoms in total. The molecule has 0 saturated heterocycles. The van der Waals surface area contributed by atoms with Crippen LogP contribution < -0.4 is 10.1 Å². The highest BCUT2D eigenvalue weighted by Crippen LogP contribution is 2.32. The quantitative estimate of drug-likeness (QED) is 0.582. The average Bonchev–Trinajstić information content (AvgIpc) is 3.54. The lowest BCUT2D eigenvalue weighted by Gasteiger charge is -2.24. The van der Waals surface area contributed by atoms with Crippen LogP contribution in [0.15, 0.2) is 48.7 Å². The molecule has 0 bridgehead atoms. The van der Waals surface area contributed by atoms with Crippen molar-refractivity contribution in [1.82, 2.24) is 9.88 Å². The number of fused-ring (bicyclic) bond motifs is 1. The molecule has 2 amide bonds. The minimum atomic E-state index is -0.518. The number of anilines is 1. The number of nitrogens with one attached hydrogen (secondary N) is 1. The largest absolute Gasteiger partial charge is 0.481 e. The predicted molar refractivity (Wildman–Crippen MR) is 112 cm³/mol. The van der Waals surface area contributed by atoms with Gasteiger partial charge in [0.25, 0.3) is 0 Å². The van der Waals surface area contributed by atoms with E-state index in [1.807, 2.05) is 24.3 Å². The molecule has 0 atom stereocenters. The monoisotopic (exact) mass is 413 g/mol. The maximum Gasteiger partial charge on any atom is 0.322 e. The van der Waals surface area contributed by atoms with Gasteiger partial charge in [0.1, 0.15) is 5.82 Å². The molecule has 1 aliphatic carbocycles. The number of benzene rings is 2. The van der Waals surface area contributed by atoms with Crippen molar-refractivity contribution in [3.05, 3.63) is 65.1 Å². The SMILES string of the molecule is COc1ncc(CN(CC2CC2)C(=O)Nc2ccc(F)c(Cl)c2)c2ccccc12. The van der Waals surface area contributed by atoms with Crippen LogP contribution in [-0.2, 0) is 6.54 Å². The number of amides is 2. The molecule has 1 aromatic heterocycles. The number of nitrogens with zero attached hydrogens (tertiary/aromatic N) is 2. The predicted octanol–water partition coefficient (Wildman–Crippen LogP) is 5.48. The second-order valence-electron chi connectivity index (χ2n) is 7.22. The number of pyridine rings is 1. The first-order valence-electron chi connectivity index (χ1n) is 9.46. The van der Waals surface area contributed by atoms with Gasteiger partial charge in [-0.2, -0.15) is 0 Å². The number of aromatic nitrogens is 1. The van der Waals surface area contributed by atoms with Crippen LogP contribution in [0.1, 0.15) is 18.4 Å². The first-order valence-corrected chi connectivity index (χ1v) is 9.84. The number of ether oxygens (including phenoxy) is 1. The Morgan fingerprint density at radius 1 is 1.28 bits per heavy atom. The molecule has 29 heavy (non-hydrogen) atoms. The van der Waals surface area contributed by atoms with Gasteiger partial charge in [-0.05, 0) is 54.0 Å². The molecule has 3 aromatic rings. The Kier molecular flexibility index (Phi) is 5.53. The molecule has 1 saturated carbocycles. The van der Waals surface area contributed by atoms with Crippen LogP contribution >= 0.6 is 11.6 Å². The fourth-order valence-electron chi connectivity index (χ4n) is 3.33. The third kappa shape index (κ3) is 4.43. The van der Waals surface area contributed by atoms with Gasteiger partial charge in [-0.1, -0.05) is 29.8 Å². The summed E-state index contributed by atoms with van der Waals surface area (Å²) < 4.78 is 18.8. The minimum Gasteiger partial charge on any atom is -0.481 e. The van der Waals surface area contributed by atoms with Gasteiger partial charge in [-0.25, -0.2) is 14.2 Å². The highest BCUT2D eigenvalue weighted by atomic mass is 35.5. The van der Waals surface area contributed by atoms with Crippen LogP contribution in [0.4, 0.5) is 14.9 Å². The van der Waals surface area contributed by atoms with Gasteiger partial charge in [0, 0.05) is 30.4 Å². The molecular weight excluding hydrogens is 393 g/mol. The second-order valence-corrected chi connectivity index (χ2v) is 7.63. The molecule has 150 valence electrons. The number of hydrogen-bond donors (Lipinski definition) is 1. The van der Waals surface area contributed by atoms with Crippen LogP contribution in [0, 0.1) is 11.7 Å². The van der Waals surface area contributed by atoms with E-state index < -0.39 is 5.82 Å². The number of carbonyl (C=O) groups excluding carboxylic acids is 1. The molecule has 0 radical (unpaired) electrons. The number of methoxy groups -OCH3 is 1. The smallest absolute Gasteiger partial charge is 0.322 e. The Bertz CT molecular complexity index is 1060. The lowest BCUT2D eigenvalue weighted by atomic mass is 10.1. The molecular formula is C22H21ClFN3O2. The van der Waals surface area contributed by atoms with Crippen molar-refractivity contribution < 1.29 is 13.9 Å². The Morgan fingerprint density at radius 3 is 2.72 bits per heavy atom. The standard InChI is InChI=1S/C22H21ClFN3O2/c1-29-21-18-5-3-2-4-17(18)15(11-25-21)13-27(12-14-6-7-14)22(28)26-16-8-9-20(24)19(23)10-16/h2-5,8-11,14H,6-7,12-13H2,1H3,(H,26,28). The lowest BCUT2D eigenvalue weighted by Crippen LogP contribution is -2.36. The third-order valence-corrected chi connectivity index (χ3v) is 5.32. The van der Waals surface area contributed by atoms with Crippen molar-refractivity contribution in [1.29, 1.82) is 0 Å². The number of urea groups is 1. The highest BCUT2D eigenvalue weighted by molar-refractivity contribution is 6.31. The van der Waals surface area contributed by atoms with E-state index in [0.717, 1.165) is 29.2 Å². The molecule has 0 aliphatic heterocycles. The first kappa shape index (κ1) is 19.5. The zero-order valence-corrected chi connectivity index (χ0v) is 16.7. The molecule has 1 aliphatic rings. The van der Waals surface area contributed by atoms with Crippen LogP contribution in [0.25, 0.3) is 10.8 Å². The minimum absolute atomic E-state index is 0.0260. The highest BCUT2D eigenvalue weighted by Gasteiger charge is 2.27. The molecule has 1 fully saturated rings. The molecule has 0 spiro atoms. The van der Waals surface area contributed by atoms with Crippen molar-refractivity contribution in [2.24, 2.45) is 5.92 Å². The van der Waals surface area contributed by atoms with E-state index in [-0.39, 0.29) is 11.1 Å². The number of rotatable bonds is 6. The van der Waals surface area contributed by atoms with Crippen molar-refractivity contribution in [2.45, 2.75) is 19.4 Å². The van der Waals surface area contributed by atoms with Gasteiger partial charge in [0.2, 0.25) is 5.88 Å². The van der Waals surface area contributed by atoms with Gasteiger partial charge >= 0.3 is 6.03 Å². The fraction of sp³-hybridized carbons (Fsp3) is 0.273. The number of hydrogen-bond acceptors (Lipinski definition) is 3. The van der Waals surface area contributed by atoms with Crippen LogP contribution in [0.3, 0.4) is 0 Å². The zero-order valence-electron chi connectivity index (χ0n) is 16.0. The molecule has 1 heterocycles. The fourth-order valence-corrected chi connectivity index (χ4v) is 3.51. The van der Waals surface area contributed by atoms with Gasteiger partial charge in [-0.15, -0.1) is 0 Å². The summed E-state index contributed by atoms with van der Waals surface area (Å²) in [4.78, 5) is 19.1. The van der Waals surface area contributed by atoms with Crippen molar-refractivity contribution in [2.75, 3.05) is 19.0 Å². The molecule has 4 rings (SSSR count). The molecule has 1 N–H and O–H groups in total. The van der Waals surface area contributed by atoms with Crippen molar-refractivity contribution in [3.63, 3.8) is 0 Å². The summed E-state index contributed by atoms with van der Waals surface area (Å²) in [6.45, 7) is 1.07. The van der Waals surface area contributed by atoms with Crippen molar-refractivity contribution in [3.8, 4) is 5.88 Å². The average molecular weight is 414 g/mol. The molecule has 7 heteroatoms. The van der Waals surface area contributed by atoms with Gasteiger partial charge in [0.15, 0.2) is 0 Å². The Labute approximate surface area is 173 Å². The number of carbonyl (C=O) groups is 1. The number of halogens is 2. The van der Waals surface area contributed by atoms with Crippen LogP contribution in [0.5, 0.6) is 5.88 Å². The molecule has 0 unspecified atom stereocenters. The Balaban J connectivity index is 1.59. The normalized spacial score (nSPS) is 13.3. The molecule has 2 aromatic carbocycles. The van der Waals surface area contributed by atoms with E-state index in [4.69, 9.17) is 16.3 Å². The van der Waals surface area contributed by atoms with E-state index in [2.05, 4.69) is 10.3 Å². The summed E-state index contributed by atoms with van der Waals surface area (Å²) in [6, 6.07) is 11.7. The van der Waals surface area contributed by atoms with E-state index in [1.165, 1.54) is 18.2 Å². The summed E-state index contributed by atoms with van der Waals surface area (Å²) >= 11 is 5.83. The van der Waals surface area contributed by atoms with E-state index in [0.29, 0.717) is 30.6 Å². The summed E-state index contributed by atoms with van der Waals surface area (Å²) in [5, 5.41) is 4.70. The Hall–Kier alpha value is -2.86. The lowest BCUT2D eigenvalue weighted by molar-refractivity contribution is 0.206. The van der Waals surface area contributed by atoms with E-state index >= 15 is 0 Å². The third-order valence-electron chi connectivity index (χ3n) is 5.03. The van der Waals surface area contributed by atoms with E-state index in [1.54, 1.807) is 18.2 Å². The first-order chi connectivity index (χ1) is 14.0. The summed E-state index contributed by atoms with van der Waals surface area (Å²) in [6.07, 6.45) is 3.99. The van der Waals surface area contributed by atoms with Crippen molar-refractivity contribution >= 4 is 34.1 Å². The zero-order chi connectivity index (χ0) is 20.4. The Morgan fingerprint density at radius 2 is 2.03 bits per heavy atom. The van der Waals surface area contributed by atoms with Crippen LogP contribution in [-0.4, -0.2) is 29.6 Å². The summed E-state index contributed by atoms with van der Waals surface area (Å²) in [5.74, 6) is 0.550. The maximum atomic E-state index is 13.4. The van der Waals surface area contributed by atoms with Crippen LogP contribution in [0.2, 0.25) is 5.02 Å². The maximum absolute atomic E-state index is 13.4. The topological polar surface area (TPSA) is 54.5 Å². The van der Waals surface area contributed by atoms with E-state index in [9.17, 15) is 9.18 Å².